The molecule has 0 amide bonds. The zero-order chi connectivity index (χ0) is 13.1. The molecule has 1 heterocycles. The first-order valence-electron chi connectivity index (χ1n) is 6.59. The smallest absolute Gasteiger partial charge is 0.0658 e. The Morgan fingerprint density at radius 2 is 2.28 bits per heavy atom. The fraction of sp³-hybridized carbons (Fsp3) is 0.769. The van der Waals surface area contributed by atoms with Crippen LogP contribution in [0.25, 0.3) is 0 Å². The van der Waals surface area contributed by atoms with E-state index in [9.17, 15) is 0 Å². The maximum absolute atomic E-state index is 5.13. The predicted molar refractivity (Wildman–Crippen MR) is 75.8 cm³/mol. The number of hydrogen-bond acceptors (Lipinski definition) is 3. The van der Waals surface area contributed by atoms with Crippen LogP contribution in [-0.2, 0) is 11.3 Å². The first kappa shape index (κ1) is 14.0. The molecule has 2 unspecified atom stereocenters. The van der Waals surface area contributed by atoms with Crippen molar-refractivity contribution in [2.75, 3.05) is 13.7 Å². The molecule has 0 aromatic carbocycles. The van der Waals surface area contributed by atoms with Crippen LogP contribution in [0.2, 0.25) is 0 Å². The topological polar surface area (TPSA) is 39.1 Å². The van der Waals surface area contributed by atoms with Crippen molar-refractivity contribution >= 4 is 15.9 Å². The van der Waals surface area contributed by atoms with Crippen LogP contribution < -0.4 is 5.32 Å². The second kappa shape index (κ2) is 6.17. The molecular weight excluding hydrogens is 294 g/mol. The lowest BCUT2D eigenvalue weighted by Gasteiger charge is -2.23. The van der Waals surface area contributed by atoms with Gasteiger partial charge in [0.15, 0.2) is 0 Å². The third-order valence-electron chi connectivity index (χ3n) is 3.60. The molecule has 0 spiro atoms. The van der Waals surface area contributed by atoms with Crippen molar-refractivity contribution in [3.8, 4) is 0 Å². The van der Waals surface area contributed by atoms with E-state index in [1.54, 1.807) is 7.11 Å². The molecule has 2 rings (SSSR count). The Balaban J connectivity index is 2.06. The molecule has 0 aliphatic heterocycles. The van der Waals surface area contributed by atoms with Gasteiger partial charge in [0.25, 0.3) is 0 Å². The number of halogens is 1. The summed E-state index contributed by atoms with van der Waals surface area (Å²) in [5.41, 5.74) is 1.26. The average Bonchev–Trinajstić information content (AvgIpc) is 3.08. The van der Waals surface area contributed by atoms with Crippen LogP contribution >= 0.6 is 15.9 Å². The van der Waals surface area contributed by atoms with E-state index in [4.69, 9.17) is 4.74 Å². The first-order valence-corrected chi connectivity index (χ1v) is 7.39. The lowest BCUT2D eigenvalue weighted by Crippen LogP contribution is -2.33. The fourth-order valence-electron chi connectivity index (χ4n) is 2.18. The van der Waals surface area contributed by atoms with Crippen molar-refractivity contribution in [3.05, 3.63) is 16.4 Å². The Hall–Kier alpha value is -0.390. The SMILES string of the molecule is COCCn1ncc(Br)c1C(C)C(C)NC1CC1. The van der Waals surface area contributed by atoms with Crippen molar-refractivity contribution in [3.63, 3.8) is 0 Å². The van der Waals surface area contributed by atoms with E-state index in [-0.39, 0.29) is 0 Å². The second-order valence-electron chi connectivity index (χ2n) is 5.11. The van der Waals surface area contributed by atoms with E-state index in [1.165, 1.54) is 18.5 Å². The highest BCUT2D eigenvalue weighted by molar-refractivity contribution is 9.10. The van der Waals surface area contributed by atoms with Gasteiger partial charge < -0.3 is 10.1 Å². The van der Waals surface area contributed by atoms with Gasteiger partial charge in [-0.3, -0.25) is 4.68 Å². The molecule has 1 aliphatic carbocycles. The highest BCUT2D eigenvalue weighted by Crippen LogP contribution is 2.29. The Morgan fingerprint density at radius 1 is 1.56 bits per heavy atom. The molecule has 102 valence electrons. The summed E-state index contributed by atoms with van der Waals surface area (Å²) in [7, 11) is 1.72. The molecule has 0 bridgehead atoms. The number of ether oxygens (including phenoxy) is 1. The van der Waals surface area contributed by atoms with Gasteiger partial charge in [-0.25, -0.2) is 0 Å². The minimum Gasteiger partial charge on any atom is -0.383 e. The van der Waals surface area contributed by atoms with E-state index in [1.807, 2.05) is 10.9 Å². The molecule has 1 aliphatic rings. The van der Waals surface area contributed by atoms with E-state index in [2.05, 4.69) is 40.2 Å². The Morgan fingerprint density at radius 3 is 2.89 bits per heavy atom. The number of aromatic nitrogens is 2. The van der Waals surface area contributed by atoms with Gasteiger partial charge in [0.1, 0.15) is 0 Å². The molecule has 1 aromatic rings. The van der Waals surface area contributed by atoms with Crippen LogP contribution in [0.5, 0.6) is 0 Å². The number of nitrogens with zero attached hydrogens (tertiary/aromatic N) is 2. The lowest BCUT2D eigenvalue weighted by atomic mass is 9.99. The van der Waals surface area contributed by atoms with Gasteiger partial charge in [-0.1, -0.05) is 6.92 Å². The largest absolute Gasteiger partial charge is 0.383 e. The van der Waals surface area contributed by atoms with Crippen LogP contribution in [0.3, 0.4) is 0 Å². The summed E-state index contributed by atoms with van der Waals surface area (Å²) in [6, 6.07) is 1.20. The first-order chi connectivity index (χ1) is 8.63. The number of hydrogen-bond donors (Lipinski definition) is 1. The van der Waals surface area contributed by atoms with Gasteiger partial charge >= 0.3 is 0 Å². The van der Waals surface area contributed by atoms with Gasteiger partial charge in [-0.05, 0) is 35.7 Å². The molecule has 5 heteroatoms. The van der Waals surface area contributed by atoms with Gasteiger partial charge in [0.2, 0.25) is 0 Å². The zero-order valence-electron chi connectivity index (χ0n) is 11.3. The Kier molecular flexibility index (Phi) is 4.81. The molecular formula is C13H22BrN3O. The van der Waals surface area contributed by atoms with E-state index in [0.717, 1.165) is 17.1 Å². The number of nitrogens with one attached hydrogen (secondary N) is 1. The van der Waals surface area contributed by atoms with Gasteiger partial charge in [0, 0.05) is 25.1 Å². The molecule has 4 nitrogen and oxygen atoms in total. The summed E-state index contributed by atoms with van der Waals surface area (Å²) in [6.45, 7) is 6.00. The summed E-state index contributed by atoms with van der Waals surface area (Å²) in [5, 5.41) is 8.07. The Labute approximate surface area is 117 Å². The summed E-state index contributed by atoms with van der Waals surface area (Å²) in [5.74, 6) is 0.430. The maximum atomic E-state index is 5.13. The van der Waals surface area contributed by atoms with Crippen molar-refractivity contribution in [1.82, 2.24) is 15.1 Å². The highest BCUT2D eigenvalue weighted by atomic mass is 79.9. The number of methoxy groups -OCH3 is 1. The van der Waals surface area contributed by atoms with Gasteiger partial charge in [0.05, 0.1) is 29.5 Å². The molecule has 1 aromatic heterocycles. The van der Waals surface area contributed by atoms with Crippen molar-refractivity contribution < 1.29 is 4.74 Å². The normalized spacial score (nSPS) is 18.9. The third-order valence-corrected chi connectivity index (χ3v) is 4.21. The van der Waals surface area contributed by atoms with Crippen LogP contribution in [-0.4, -0.2) is 35.6 Å². The van der Waals surface area contributed by atoms with Crippen molar-refractivity contribution in [2.24, 2.45) is 0 Å². The van der Waals surface area contributed by atoms with Crippen LogP contribution in [0.1, 0.15) is 38.3 Å². The Bertz CT molecular complexity index is 390. The molecule has 0 saturated heterocycles. The molecule has 1 N–H and O–H groups in total. The summed E-state index contributed by atoms with van der Waals surface area (Å²) < 4.78 is 8.27. The lowest BCUT2D eigenvalue weighted by molar-refractivity contribution is 0.181. The second-order valence-corrected chi connectivity index (χ2v) is 5.97. The summed E-state index contributed by atoms with van der Waals surface area (Å²) in [4.78, 5) is 0. The zero-order valence-corrected chi connectivity index (χ0v) is 12.9. The van der Waals surface area contributed by atoms with Crippen molar-refractivity contribution in [2.45, 2.75) is 51.2 Å². The van der Waals surface area contributed by atoms with Crippen LogP contribution in [0.15, 0.2) is 10.7 Å². The minimum atomic E-state index is 0.430. The molecule has 18 heavy (non-hydrogen) atoms. The maximum Gasteiger partial charge on any atom is 0.0658 e. The fourth-order valence-corrected chi connectivity index (χ4v) is 2.84. The standard InChI is InChI=1S/C13H22BrN3O/c1-9(10(2)16-11-4-5-11)13-12(14)8-15-17(13)6-7-18-3/h8-11,16H,4-7H2,1-3H3. The minimum absolute atomic E-state index is 0.430. The van der Waals surface area contributed by atoms with Crippen LogP contribution in [0.4, 0.5) is 0 Å². The van der Waals surface area contributed by atoms with E-state index < -0.39 is 0 Å². The van der Waals surface area contributed by atoms with Gasteiger partial charge in [-0.15, -0.1) is 0 Å². The molecule has 1 saturated carbocycles. The molecule has 2 atom stereocenters. The van der Waals surface area contributed by atoms with Crippen LogP contribution in [0, 0.1) is 0 Å². The average molecular weight is 316 g/mol. The summed E-state index contributed by atoms with van der Waals surface area (Å²) >= 11 is 3.61. The van der Waals surface area contributed by atoms with Gasteiger partial charge in [-0.2, -0.15) is 5.10 Å². The monoisotopic (exact) mass is 315 g/mol. The van der Waals surface area contributed by atoms with E-state index >= 15 is 0 Å². The molecule has 1 fully saturated rings. The summed E-state index contributed by atoms with van der Waals surface area (Å²) in [6.07, 6.45) is 4.52. The van der Waals surface area contributed by atoms with Crippen molar-refractivity contribution in [1.29, 1.82) is 0 Å². The number of rotatable bonds is 7. The quantitative estimate of drug-likeness (QED) is 0.840. The predicted octanol–water partition coefficient (Wildman–Crippen LogP) is 2.54. The van der Waals surface area contributed by atoms with E-state index in [0.29, 0.717) is 18.6 Å². The highest BCUT2D eigenvalue weighted by Gasteiger charge is 2.27. The molecule has 0 radical (unpaired) electrons. The third kappa shape index (κ3) is 3.33.